The van der Waals surface area contributed by atoms with E-state index in [2.05, 4.69) is 36.2 Å². The van der Waals surface area contributed by atoms with Gasteiger partial charge in [0.2, 0.25) is 0 Å². The van der Waals surface area contributed by atoms with E-state index in [1.165, 1.54) is 21.2 Å². The average molecular weight is 209 g/mol. The fourth-order valence-corrected chi connectivity index (χ4v) is 2.71. The van der Waals surface area contributed by atoms with E-state index in [4.69, 9.17) is 5.73 Å². The van der Waals surface area contributed by atoms with Crippen molar-refractivity contribution in [3.8, 4) is 0 Å². The van der Waals surface area contributed by atoms with Gasteiger partial charge in [0, 0.05) is 17.0 Å². The van der Waals surface area contributed by atoms with Crippen LogP contribution in [-0.4, -0.2) is 0 Å². The van der Waals surface area contributed by atoms with Gasteiger partial charge in [0.15, 0.2) is 0 Å². The molecule has 13 heavy (non-hydrogen) atoms. The molecule has 0 saturated heterocycles. The van der Waals surface area contributed by atoms with Gasteiger partial charge in [-0.3, -0.25) is 0 Å². The van der Waals surface area contributed by atoms with Gasteiger partial charge < -0.3 is 5.73 Å². The van der Waals surface area contributed by atoms with E-state index in [1.54, 1.807) is 11.3 Å². The molecule has 1 aromatic heterocycles. The van der Waals surface area contributed by atoms with Crippen LogP contribution in [0.5, 0.6) is 0 Å². The van der Waals surface area contributed by atoms with Crippen molar-refractivity contribution >= 4 is 34.1 Å². The van der Waals surface area contributed by atoms with Crippen LogP contribution in [0, 0.1) is 0 Å². The Morgan fingerprint density at radius 1 is 1.38 bits per heavy atom. The predicted molar refractivity (Wildman–Crippen MR) is 62.4 cm³/mol. The zero-order valence-corrected chi connectivity index (χ0v) is 8.87. The van der Waals surface area contributed by atoms with Crippen LogP contribution in [0.4, 0.5) is 0 Å². The molecule has 0 atom stereocenters. The van der Waals surface area contributed by atoms with Gasteiger partial charge in [-0.1, -0.05) is 6.07 Å². The van der Waals surface area contributed by atoms with Crippen molar-refractivity contribution in [1.29, 1.82) is 0 Å². The van der Waals surface area contributed by atoms with E-state index in [-0.39, 0.29) is 0 Å². The summed E-state index contributed by atoms with van der Waals surface area (Å²) in [6.45, 7) is 0.609. The highest BCUT2D eigenvalue weighted by Gasteiger charge is 2.02. The molecule has 0 aliphatic heterocycles. The number of rotatable bonds is 2. The Bertz CT molecular complexity index is 420. The molecule has 0 aliphatic carbocycles. The van der Waals surface area contributed by atoms with E-state index in [0.29, 0.717) is 6.54 Å². The number of hydrogen-bond acceptors (Lipinski definition) is 3. The second-order valence-electron chi connectivity index (χ2n) is 2.95. The zero-order valence-electron chi connectivity index (χ0n) is 7.16. The number of hydrogen-bond donors (Lipinski definition) is 2. The lowest BCUT2D eigenvalue weighted by molar-refractivity contribution is 1.08. The van der Waals surface area contributed by atoms with E-state index in [1.807, 2.05) is 0 Å². The minimum absolute atomic E-state index is 0.609. The van der Waals surface area contributed by atoms with Crippen molar-refractivity contribution in [3.05, 3.63) is 34.7 Å². The van der Waals surface area contributed by atoms with Gasteiger partial charge in [-0.05, 0) is 34.0 Å². The average Bonchev–Trinajstić information content (AvgIpc) is 2.59. The largest absolute Gasteiger partial charge is 0.326 e. The van der Waals surface area contributed by atoms with Gasteiger partial charge in [0.05, 0.1) is 0 Å². The second-order valence-corrected chi connectivity index (χ2v) is 4.18. The molecule has 1 heterocycles. The molecule has 0 spiro atoms. The maximum absolute atomic E-state index is 5.59. The summed E-state index contributed by atoms with van der Waals surface area (Å²) in [6, 6.07) is 6.38. The van der Waals surface area contributed by atoms with Gasteiger partial charge >= 0.3 is 0 Å². The topological polar surface area (TPSA) is 26.0 Å². The Morgan fingerprint density at radius 3 is 2.92 bits per heavy atom. The molecule has 2 aromatic rings. The molecule has 0 unspecified atom stereocenters. The van der Waals surface area contributed by atoms with Gasteiger partial charge in [-0.2, -0.15) is 12.6 Å². The molecule has 1 aromatic carbocycles. The van der Waals surface area contributed by atoms with Crippen LogP contribution in [0.3, 0.4) is 0 Å². The Balaban J connectivity index is 2.64. The summed E-state index contributed by atoms with van der Waals surface area (Å²) in [5, 5.41) is 3.47. The Kier molecular flexibility index (Phi) is 2.58. The van der Waals surface area contributed by atoms with Crippen LogP contribution in [0.15, 0.2) is 23.6 Å². The van der Waals surface area contributed by atoms with Gasteiger partial charge in [-0.25, -0.2) is 0 Å². The van der Waals surface area contributed by atoms with E-state index in [0.717, 1.165) is 5.75 Å². The molecule has 0 saturated carbocycles. The maximum Gasteiger partial charge on any atom is 0.0346 e. The molecule has 2 rings (SSSR count). The normalized spacial score (nSPS) is 10.9. The monoisotopic (exact) mass is 209 g/mol. The van der Waals surface area contributed by atoms with Crippen molar-refractivity contribution in [2.45, 2.75) is 12.3 Å². The fraction of sp³-hybridized carbons (Fsp3) is 0.200. The number of fused-ring (bicyclic) bond motifs is 1. The van der Waals surface area contributed by atoms with E-state index in [9.17, 15) is 0 Å². The van der Waals surface area contributed by atoms with E-state index < -0.39 is 0 Å². The highest BCUT2D eigenvalue weighted by atomic mass is 32.1. The smallest absolute Gasteiger partial charge is 0.0346 e. The predicted octanol–water partition coefficient (Wildman–Crippen LogP) is 2.79. The first kappa shape index (κ1) is 9.06. The quantitative estimate of drug-likeness (QED) is 0.731. The lowest BCUT2D eigenvalue weighted by Crippen LogP contribution is -1.95. The summed E-state index contributed by atoms with van der Waals surface area (Å²) in [5.74, 6) is 0.800. The standard InChI is InChI=1S/C10H11NS2/c11-4-7-1-2-10-9(3-7)8(5-12)6-13-10/h1-3,6,12H,4-5,11H2. The number of nitrogens with two attached hydrogens (primary N) is 1. The molecule has 0 fully saturated rings. The molecule has 3 heteroatoms. The summed E-state index contributed by atoms with van der Waals surface area (Å²) < 4.78 is 1.32. The molecule has 2 N–H and O–H groups in total. The first-order valence-electron chi connectivity index (χ1n) is 4.15. The van der Waals surface area contributed by atoms with Gasteiger partial charge in [0.1, 0.15) is 0 Å². The van der Waals surface area contributed by atoms with Crippen molar-refractivity contribution in [2.75, 3.05) is 0 Å². The minimum Gasteiger partial charge on any atom is -0.326 e. The molecule has 68 valence electrons. The molecule has 0 amide bonds. The zero-order chi connectivity index (χ0) is 9.26. The first-order chi connectivity index (χ1) is 6.35. The number of benzene rings is 1. The Hall–Kier alpha value is -0.510. The molecule has 0 aliphatic rings. The van der Waals surface area contributed by atoms with Crippen molar-refractivity contribution < 1.29 is 0 Å². The third-order valence-electron chi connectivity index (χ3n) is 2.12. The minimum atomic E-state index is 0.609. The number of thiol groups is 1. The molecular formula is C10H11NS2. The van der Waals surface area contributed by atoms with Crippen LogP contribution >= 0.6 is 24.0 Å². The lowest BCUT2D eigenvalue weighted by atomic mass is 10.1. The van der Waals surface area contributed by atoms with Gasteiger partial charge in [-0.15, -0.1) is 11.3 Å². The molecule has 0 radical (unpaired) electrons. The van der Waals surface area contributed by atoms with Crippen LogP contribution in [-0.2, 0) is 12.3 Å². The van der Waals surface area contributed by atoms with Crippen LogP contribution in [0.25, 0.3) is 10.1 Å². The SMILES string of the molecule is NCc1ccc2scc(CS)c2c1. The lowest BCUT2D eigenvalue weighted by Gasteiger charge is -1.98. The summed E-state index contributed by atoms with van der Waals surface area (Å²) >= 11 is 6.06. The summed E-state index contributed by atoms with van der Waals surface area (Å²) in [7, 11) is 0. The second kappa shape index (κ2) is 3.70. The summed E-state index contributed by atoms with van der Waals surface area (Å²) in [6.07, 6.45) is 0. The van der Waals surface area contributed by atoms with Crippen LogP contribution in [0.2, 0.25) is 0 Å². The highest BCUT2D eigenvalue weighted by molar-refractivity contribution is 7.79. The van der Waals surface area contributed by atoms with Crippen molar-refractivity contribution in [2.24, 2.45) is 5.73 Å². The third-order valence-corrected chi connectivity index (χ3v) is 3.48. The third kappa shape index (κ3) is 1.59. The Morgan fingerprint density at radius 2 is 2.23 bits per heavy atom. The molecule has 0 bridgehead atoms. The first-order valence-corrected chi connectivity index (χ1v) is 5.66. The molecule has 1 nitrogen and oxygen atoms in total. The van der Waals surface area contributed by atoms with Crippen LogP contribution in [0.1, 0.15) is 11.1 Å². The number of thiophene rings is 1. The van der Waals surface area contributed by atoms with Gasteiger partial charge in [0.25, 0.3) is 0 Å². The van der Waals surface area contributed by atoms with Crippen molar-refractivity contribution in [3.63, 3.8) is 0 Å². The summed E-state index contributed by atoms with van der Waals surface area (Å²) in [4.78, 5) is 0. The van der Waals surface area contributed by atoms with Crippen molar-refractivity contribution in [1.82, 2.24) is 0 Å². The van der Waals surface area contributed by atoms with E-state index >= 15 is 0 Å². The fourth-order valence-electron chi connectivity index (χ4n) is 1.38. The highest BCUT2D eigenvalue weighted by Crippen LogP contribution is 2.27. The maximum atomic E-state index is 5.59. The Labute approximate surface area is 87.0 Å². The van der Waals surface area contributed by atoms with Crippen LogP contribution < -0.4 is 5.73 Å². The summed E-state index contributed by atoms with van der Waals surface area (Å²) in [5.41, 5.74) is 8.08. The molecular weight excluding hydrogens is 198 g/mol.